The lowest BCUT2D eigenvalue weighted by Crippen LogP contribution is -2.33. The Kier molecular flexibility index (Phi) is 4.02. The summed E-state index contributed by atoms with van der Waals surface area (Å²) in [5.41, 5.74) is 1.65. The van der Waals surface area contributed by atoms with E-state index in [4.69, 9.17) is 0 Å². The van der Waals surface area contributed by atoms with Crippen LogP contribution in [0.4, 0.5) is 0 Å². The predicted molar refractivity (Wildman–Crippen MR) is 78.5 cm³/mol. The van der Waals surface area contributed by atoms with Gasteiger partial charge in [0.2, 0.25) is 0 Å². The third-order valence-corrected chi connectivity index (χ3v) is 5.21. The van der Waals surface area contributed by atoms with Gasteiger partial charge in [-0.05, 0) is 62.1 Å². The van der Waals surface area contributed by atoms with Gasteiger partial charge in [-0.2, -0.15) is 0 Å². The van der Waals surface area contributed by atoms with E-state index in [9.17, 15) is 0 Å². The number of aryl methyl sites for hydroxylation is 1. The van der Waals surface area contributed by atoms with E-state index in [-0.39, 0.29) is 0 Å². The van der Waals surface area contributed by atoms with E-state index in [0.717, 1.165) is 18.5 Å². The van der Waals surface area contributed by atoms with Crippen molar-refractivity contribution >= 4 is 11.3 Å². The van der Waals surface area contributed by atoms with Gasteiger partial charge in [-0.25, -0.2) is 0 Å². The number of thiophene rings is 1. The molecule has 0 radical (unpaired) electrons. The van der Waals surface area contributed by atoms with Crippen LogP contribution in [0, 0.1) is 0 Å². The summed E-state index contributed by atoms with van der Waals surface area (Å²) in [6.45, 7) is 3.58. The van der Waals surface area contributed by atoms with Crippen LogP contribution in [0.25, 0.3) is 0 Å². The molecule has 1 atom stereocenters. The number of nitrogens with one attached hydrogen (secondary N) is 1. The number of rotatable bonds is 6. The highest BCUT2D eigenvalue weighted by atomic mass is 32.1. The van der Waals surface area contributed by atoms with Crippen LogP contribution in [0.5, 0.6) is 0 Å². The zero-order chi connectivity index (χ0) is 12.4. The van der Waals surface area contributed by atoms with E-state index in [1.807, 2.05) is 11.3 Å². The van der Waals surface area contributed by atoms with Gasteiger partial charge in [-0.15, -0.1) is 11.3 Å². The molecular formula is C15H24N2S. The highest BCUT2D eigenvalue weighted by Gasteiger charge is 2.23. The molecule has 2 nitrogen and oxygen atoms in total. The SMILES string of the molecule is CN(CCNC1CC1)CC1CCCc2sccc21. The molecule has 0 bridgehead atoms. The van der Waals surface area contributed by atoms with Gasteiger partial charge in [0.05, 0.1) is 0 Å². The molecule has 2 aliphatic carbocycles. The minimum atomic E-state index is 0.783. The number of hydrogen-bond acceptors (Lipinski definition) is 3. The first kappa shape index (κ1) is 12.6. The fourth-order valence-electron chi connectivity index (χ4n) is 2.99. The van der Waals surface area contributed by atoms with Crippen molar-refractivity contribution < 1.29 is 0 Å². The molecule has 3 heteroatoms. The van der Waals surface area contributed by atoms with Crippen molar-refractivity contribution in [3.05, 3.63) is 21.9 Å². The highest BCUT2D eigenvalue weighted by molar-refractivity contribution is 7.10. The van der Waals surface area contributed by atoms with Crippen molar-refractivity contribution in [3.8, 4) is 0 Å². The van der Waals surface area contributed by atoms with Gasteiger partial charge in [-0.1, -0.05) is 0 Å². The largest absolute Gasteiger partial charge is 0.313 e. The van der Waals surface area contributed by atoms with E-state index in [1.54, 1.807) is 10.4 Å². The zero-order valence-corrected chi connectivity index (χ0v) is 12.1. The van der Waals surface area contributed by atoms with Crippen LogP contribution in [-0.4, -0.2) is 37.6 Å². The Morgan fingerprint density at radius 3 is 3.11 bits per heavy atom. The average molecular weight is 264 g/mol. The van der Waals surface area contributed by atoms with Crippen LogP contribution in [0.2, 0.25) is 0 Å². The second-order valence-corrected chi connectivity index (χ2v) is 6.88. The normalized spacial score (nSPS) is 23.3. The third kappa shape index (κ3) is 3.14. The molecule has 0 aromatic carbocycles. The van der Waals surface area contributed by atoms with Gasteiger partial charge in [0.25, 0.3) is 0 Å². The maximum Gasteiger partial charge on any atom is 0.0104 e. The standard InChI is InChI=1S/C15H24N2S/c1-17(9-8-16-13-5-6-13)11-12-3-2-4-15-14(12)7-10-18-15/h7,10,12-13,16H,2-6,8-9,11H2,1H3. The summed E-state index contributed by atoms with van der Waals surface area (Å²) in [6.07, 6.45) is 6.86. The van der Waals surface area contributed by atoms with Gasteiger partial charge in [0, 0.05) is 30.6 Å². The fourth-order valence-corrected chi connectivity index (χ4v) is 4.00. The number of hydrogen-bond donors (Lipinski definition) is 1. The quantitative estimate of drug-likeness (QED) is 0.850. The Labute approximate surface area is 114 Å². The van der Waals surface area contributed by atoms with E-state index >= 15 is 0 Å². The van der Waals surface area contributed by atoms with Crippen LogP contribution in [0.3, 0.4) is 0 Å². The Morgan fingerprint density at radius 1 is 1.39 bits per heavy atom. The van der Waals surface area contributed by atoms with E-state index in [1.165, 1.54) is 45.2 Å². The molecule has 1 aromatic rings. The Balaban J connectivity index is 1.47. The lowest BCUT2D eigenvalue weighted by molar-refractivity contribution is 0.297. The average Bonchev–Trinajstić information content (AvgIpc) is 3.05. The molecule has 2 aliphatic rings. The van der Waals surface area contributed by atoms with Gasteiger partial charge in [-0.3, -0.25) is 0 Å². The minimum absolute atomic E-state index is 0.783. The van der Waals surface area contributed by atoms with Crippen LogP contribution in [0.1, 0.15) is 42.0 Å². The topological polar surface area (TPSA) is 15.3 Å². The van der Waals surface area contributed by atoms with Crippen LogP contribution in [0.15, 0.2) is 11.4 Å². The summed E-state index contributed by atoms with van der Waals surface area (Å²) in [4.78, 5) is 4.16. The van der Waals surface area contributed by atoms with Crippen molar-refractivity contribution in [2.75, 3.05) is 26.7 Å². The highest BCUT2D eigenvalue weighted by Crippen LogP contribution is 2.35. The molecule has 0 saturated heterocycles. The van der Waals surface area contributed by atoms with Gasteiger partial charge < -0.3 is 10.2 Å². The summed E-state index contributed by atoms with van der Waals surface area (Å²) in [6, 6.07) is 3.21. The summed E-state index contributed by atoms with van der Waals surface area (Å²) < 4.78 is 0. The molecule has 100 valence electrons. The summed E-state index contributed by atoms with van der Waals surface area (Å²) in [5, 5.41) is 5.87. The molecular weight excluding hydrogens is 240 g/mol. The molecule has 1 aromatic heterocycles. The first-order valence-electron chi connectivity index (χ1n) is 7.31. The molecule has 0 aliphatic heterocycles. The van der Waals surface area contributed by atoms with Crippen molar-refractivity contribution in [2.45, 2.75) is 44.1 Å². The zero-order valence-electron chi connectivity index (χ0n) is 11.3. The Bertz CT molecular complexity index is 384. The lowest BCUT2D eigenvalue weighted by atomic mass is 9.87. The van der Waals surface area contributed by atoms with Crippen molar-refractivity contribution in [1.29, 1.82) is 0 Å². The lowest BCUT2D eigenvalue weighted by Gasteiger charge is -2.27. The Morgan fingerprint density at radius 2 is 2.28 bits per heavy atom. The second kappa shape index (κ2) is 5.72. The summed E-state index contributed by atoms with van der Waals surface area (Å²) >= 11 is 1.96. The van der Waals surface area contributed by atoms with Crippen molar-refractivity contribution in [2.24, 2.45) is 0 Å². The maximum atomic E-state index is 3.60. The van der Waals surface area contributed by atoms with E-state index < -0.39 is 0 Å². The predicted octanol–water partition coefficient (Wildman–Crippen LogP) is 2.85. The molecule has 1 saturated carbocycles. The van der Waals surface area contributed by atoms with Crippen LogP contribution in [-0.2, 0) is 6.42 Å². The smallest absolute Gasteiger partial charge is 0.0104 e. The number of nitrogens with zero attached hydrogens (tertiary/aromatic N) is 1. The van der Waals surface area contributed by atoms with Crippen LogP contribution < -0.4 is 5.32 Å². The summed E-state index contributed by atoms with van der Waals surface area (Å²) in [7, 11) is 2.27. The monoisotopic (exact) mass is 264 g/mol. The van der Waals surface area contributed by atoms with Gasteiger partial charge in [0.15, 0.2) is 0 Å². The molecule has 1 heterocycles. The minimum Gasteiger partial charge on any atom is -0.313 e. The molecule has 1 fully saturated rings. The molecule has 0 amide bonds. The molecule has 1 N–H and O–H groups in total. The van der Waals surface area contributed by atoms with Gasteiger partial charge >= 0.3 is 0 Å². The van der Waals surface area contributed by atoms with Gasteiger partial charge in [0.1, 0.15) is 0 Å². The van der Waals surface area contributed by atoms with Crippen molar-refractivity contribution in [3.63, 3.8) is 0 Å². The maximum absolute atomic E-state index is 3.60. The summed E-state index contributed by atoms with van der Waals surface area (Å²) in [5.74, 6) is 0.783. The molecule has 18 heavy (non-hydrogen) atoms. The van der Waals surface area contributed by atoms with E-state index in [0.29, 0.717) is 0 Å². The third-order valence-electron chi connectivity index (χ3n) is 4.21. The van der Waals surface area contributed by atoms with Crippen molar-refractivity contribution in [1.82, 2.24) is 10.2 Å². The Hall–Kier alpha value is -0.380. The number of likely N-dealkylation sites (N-methyl/N-ethyl adjacent to an activating group) is 1. The molecule has 0 spiro atoms. The first-order chi connectivity index (χ1) is 8.83. The second-order valence-electron chi connectivity index (χ2n) is 5.88. The molecule has 1 unspecified atom stereocenters. The van der Waals surface area contributed by atoms with E-state index in [2.05, 4.69) is 28.7 Å². The first-order valence-corrected chi connectivity index (χ1v) is 8.19. The van der Waals surface area contributed by atoms with Crippen LogP contribution >= 0.6 is 11.3 Å². The number of fused-ring (bicyclic) bond motifs is 1. The fraction of sp³-hybridized carbons (Fsp3) is 0.733. The molecule has 3 rings (SSSR count).